The van der Waals surface area contributed by atoms with Crippen molar-refractivity contribution in [2.24, 2.45) is 0 Å². The van der Waals surface area contributed by atoms with E-state index in [-0.39, 0.29) is 5.91 Å². The number of hydrogen-bond donors (Lipinski definition) is 2. The maximum absolute atomic E-state index is 12.3. The summed E-state index contributed by atoms with van der Waals surface area (Å²) in [5.41, 5.74) is 8.01. The molecule has 2 aromatic heterocycles. The highest BCUT2D eigenvalue weighted by Crippen LogP contribution is 2.18. The highest BCUT2D eigenvalue weighted by molar-refractivity contribution is 5.94. The Kier molecular flexibility index (Phi) is 5.26. The van der Waals surface area contributed by atoms with Gasteiger partial charge in [-0.15, -0.1) is 10.2 Å². The highest BCUT2D eigenvalue weighted by Gasteiger charge is 2.09. The fourth-order valence-corrected chi connectivity index (χ4v) is 2.67. The van der Waals surface area contributed by atoms with Crippen LogP contribution in [-0.4, -0.2) is 32.2 Å². The van der Waals surface area contributed by atoms with Gasteiger partial charge < -0.3 is 15.6 Å². The van der Waals surface area contributed by atoms with Crippen LogP contribution in [0.3, 0.4) is 0 Å². The molecule has 0 aliphatic carbocycles. The molecule has 3 aromatic rings. The molecule has 0 aliphatic heterocycles. The maximum atomic E-state index is 12.3. The van der Waals surface area contributed by atoms with Crippen molar-refractivity contribution in [1.29, 1.82) is 0 Å². The average molecular weight is 350 g/mol. The van der Waals surface area contributed by atoms with Gasteiger partial charge in [0.05, 0.1) is 5.69 Å². The number of nitrogens with zero attached hydrogens (tertiary/aromatic N) is 4. The summed E-state index contributed by atoms with van der Waals surface area (Å²) in [4.78, 5) is 16.6. The summed E-state index contributed by atoms with van der Waals surface area (Å²) in [5.74, 6) is 1.22. The van der Waals surface area contributed by atoms with E-state index in [1.807, 2.05) is 28.8 Å². The summed E-state index contributed by atoms with van der Waals surface area (Å²) in [6.07, 6.45) is 2.35. The molecule has 0 saturated carbocycles. The number of carbonyl (C=O) groups is 1. The number of hydrogen-bond acceptors (Lipinski definition) is 5. The lowest BCUT2D eigenvalue weighted by molar-refractivity contribution is 0.0954. The zero-order valence-electron chi connectivity index (χ0n) is 14.9. The second kappa shape index (κ2) is 7.77. The maximum Gasteiger partial charge on any atom is 0.251 e. The molecule has 0 unspecified atom stereocenters. The summed E-state index contributed by atoms with van der Waals surface area (Å²) < 4.78 is 2.00. The van der Waals surface area contributed by atoms with Crippen molar-refractivity contribution in [1.82, 2.24) is 25.1 Å². The van der Waals surface area contributed by atoms with Crippen molar-refractivity contribution in [3.8, 4) is 11.3 Å². The number of nitrogens with two attached hydrogens (primary N) is 1. The van der Waals surface area contributed by atoms with Gasteiger partial charge in [-0.25, -0.2) is 4.98 Å². The molecule has 0 aliphatic rings. The van der Waals surface area contributed by atoms with E-state index in [4.69, 9.17) is 5.73 Å². The standard InChI is InChI=1S/C19H22N6O/c1-13(2)25-12-22-24-18(25)10-11-21-19(26)15-8-6-14(7-9-15)16-4-3-5-17(20)23-16/h3-9,12-13H,10-11H2,1-2H3,(H2,20,23)(H,21,26). The number of rotatable bonds is 6. The second-order valence-corrected chi connectivity index (χ2v) is 6.28. The number of nitrogens with one attached hydrogen (secondary N) is 1. The van der Waals surface area contributed by atoms with Crippen LogP contribution in [0.25, 0.3) is 11.3 Å². The summed E-state index contributed by atoms with van der Waals surface area (Å²) in [6.45, 7) is 4.65. The molecule has 0 saturated heterocycles. The lowest BCUT2D eigenvalue weighted by Crippen LogP contribution is -2.26. The number of anilines is 1. The van der Waals surface area contributed by atoms with E-state index in [9.17, 15) is 4.79 Å². The molecule has 134 valence electrons. The normalized spacial score (nSPS) is 10.9. The third kappa shape index (κ3) is 4.05. The van der Waals surface area contributed by atoms with Crippen molar-refractivity contribution in [2.75, 3.05) is 12.3 Å². The van der Waals surface area contributed by atoms with Crippen molar-refractivity contribution >= 4 is 11.7 Å². The first-order valence-corrected chi connectivity index (χ1v) is 8.54. The van der Waals surface area contributed by atoms with Gasteiger partial charge in [0.25, 0.3) is 5.91 Å². The Hall–Kier alpha value is -3.22. The number of amides is 1. The van der Waals surface area contributed by atoms with E-state index in [0.29, 0.717) is 30.4 Å². The average Bonchev–Trinajstić information content (AvgIpc) is 3.10. The van der Waals surface area contributed by atoms with Crippen molar-refractivity contribution in [3.05, 3.63) is 60.2 Å². The Bertz CT molecular complexity index is 885. The molecule has 0 spiro atoms. The van der Waals surface area contributed by atoms with E-state index in [1.54, 1.807) is 24.5 Å². The first-order chi connectivity index (χ1) is 12.5. The van der Waals surface area contributed by atoms with E-state index in [2.05, 4.69) is 34.3 Å². The van der Waals surface area contributed by atoms with Crippen molar-refractivity contribution in [3.63, 3.8) is 0 Å². The molecule has 7 heteroatoms. The molecule has 0 atom stereocenters. The Balaban J connectivity index is 1.59. The molecule has 26 heavy (non-hydrogen) atoms. The molecule has 0 bridgehead atoms. The fraction of sp³-hybridized carbons (Fsp3) is 0.263. The van der Waals surface area contributed by atoms with Gasteiger partial charge in [0, 0.05) is 30.1 Å². The number of benzene rings is 1. The Morgan fingerprint density at radius 2 is 1.96 bits per heavy atom. The molecular weight excluding hydrogens is 328 g/mol. The van der Waals surface area contributed by atoms with E-state index >= 15 is 0 Å². The van der Waals surface area contributed by atoms with Crippen LogP contribution in [0.15, 0.2) is 48.8 Å². The molecule has 3 N–H and O–H groups in total. The topological polar surface area (TPSA) is 98.7 Å². The Labute approximate surface area is 152 Å². The van der Waals surface area contributed by atoms with E-state index < -0.39 is 0 Å². The van der Waals surface area contributed by atoms with Gasteiger partial charge in [0.1, 0.15) is 18.0 Å². The van der Waals surface area contributed by atoms with Gasteiger partial charge in [-0.3, -0.25) is 4.79 Å². The van der Waals surface area contributed by atoms with Crippen LogP contribution in [0, 0.1) is 0 Å². The highest BCUT2D eigenvalue weighted by atomic mass is 16.1. The van der Waals surface area contributed by atoms with Crippen LogP contribution in [0.4, 0.5) is 5.82 Å². The number of carbonyl (C=O) groups excluding carboxylic acids is 1. The zero-order chi connectivity index (χ0) is 18.5. The zero-order valence-corrected chi connectivity index (χ0v) is 14.9. The lowest BCUT2D eigenvalue weighted by Gasteiger charge is -2.10. The van der Waals surface area contributed by atoms with Gasteiger partial charge in [-0.1, -0.05) is 18.2 Å². The molecule has 7 nitrogen and oxygen atoms in total. The van der Waals surface area contributed by atoms with Gasteiger partial charge >= 0.3 is 0 Å². The molecule has 1 amide bonds. The predicted octanol–water partition coefficient (Wildman–Crippen LogP) is 2.48. The Morgan fingerprint density at radius 3 is 2.65 bits per heavy atom. The third-order valence-electron chi connectivity index (χ3n) is 4.05. The number of aromatic nitrogens is 4. The summed E-state index contributed by atoms with van der Waals surface area (Å²) in [6, 6.07) is 13.1. The first-order valence-electron chi connectivity index (χ1n) is 8.54. The minimum Gasteiger partial charge on any atom is -0.384 e. The third-order valence-corrected chi connectivity index (χ3v) is 4.05. The Morgan fingerprint density at radius 1 is 1.19 bits per heavy atom. The van der Waals surface area contributed by atoms with Crippen molar-refractivity contribution in [2.45, 2.75) is 26.3 Å². The lowest BCUT2D eigenvalue weighted by atomic mass is 10.1. The quantitative estimate of drug-likeness (QED) is 0.711. The SMILES string of the molecule is CC(C)n1cnnc1CCNC(=O)c1ccc(-c2cccc(N)n2)cc1. The molecule has 0 radical (unpaired) electrons. The van der Waals surface area contributed by atoms with Gasteiger partial charge in [0.15, 0.2) is 0 Å². The number of nitrogen functional groups attached to an aromatic ring is 1. The molecule has 3 rings (SSSR count). The van der Waals surface area contributed by atoms with Crippen LogP contribution in [-0.2, 0) is 6.42 Å². The summed E-state index contributed by atoms with van der Waals surface area (Å²) in [5, 5.41) is 10.9. The fourth-order valence-electron chi connectivity index (χ4n) is 2.67. The van der Waals surface area contributed by atoms with Crippen LogP contribution < -0.4 is 11.1 Å². The minimum atomic E-state index is -0.118. The summed E-state index contributed by atoms with van der Waals surface area (Å²) in [7, 11) is 0. The van der Waals surface area contributed by atoms with E-state index in [0.717, 1.165) is 17.1 Å². The smallest absolute Gasteiger partial charge is 0.251 e. The van der Waals surface area contributed by atoms with Crippen molar-refractivity contribution < 1.29 is 4.79 Å². The molecular formula is C19H22N6O. The second-order valence-electron chi connectivity index (χ2n) is 6.28. The van der Waals surface area contributed by atoms with Crippen LogP contribution in [0.1, 0.15) is 36.1 Å². The summed E-state index contributed by atoms with van der Waals surface area (Å²) >= 11 is 0. The number of pyridine rings is 1. The molecule has 1 aromatic carbocycles. The molecule has 0 fully saturated rings. The largest absolute Gasteiger partial charge is 0.384 e. The van der Waals surface area contributed by atoms with Gasteiger partial charge in [0.2, 0.25) is 0 Å². The predicted molar refractivity (Wildman–Crippen MR) is 101 cm³/mol. The minimum absolute atomic E-state index is 0.118. The van der Waals surface area contributed by atoms with Gasteiger partial charge in [-0.2, -0.15) is 0 Å². The van der Waals surface area contributed by atoms with Gasteiger partial charge in [-0.05, 0) is 38.1 Å². The molecule has 2 heterocycles. The van der Waals surface area contributed by atoms with E-state index in [1.165, 1.54) is 0 Å². The van der Waals surface area contributed by atoms with Crippen LogP contribution in [0.2, 0.25) is 0 Å². The van der Waals surface area contributed by atoms with Crippen LogP contribution in [0.5, 0.6) is 0 Å². The van der Waals surface area contributed by atoms with Crippen LogP contribution >= 0.6 is 0 Å². The first kappa shape index (κ1) is 17.6. The monoisotopic (exact) mass is 350 g/mol.